The Balaban J connectivity index is 2.91. The van der Waals surface area contributed by atoms with Crippen LogP contribution < -0.4 is 5.32 Å². The summed E-state index contributed by atoms with van der Waals surface area (Å²) in [4.78, 5) is 11.9. The number of aliphatic hydroxyl groups excluding tert-OH is 1. The molecule has 0 heterocycles. The summed E-state index contributed by atoms with van der Waals surface area (Å²) < 4.78 is 0. The molecule has 3 nitrogen and oxygen atoms in total. The summed E-state index contributed by atoms with van der Waals surface area (Å²) in [6.45, 7) is 5.77. The molecule has 102 valence electrons. The van der Waals surface area contributed by atoms with E-state index in [-0.39, 0.29) is 17.9 Å². The van der Waals surface area contributed by atoms with E-state index in [2.05, 4.69) is 17.2 Å². The van der Waals surface area contributed by atoms with E-state index in [9.17, 15) is 4.79 Å². The van der Waals surface area contributed by atoms with Crippen molar-refractivity contribution in [3.05, 3.63) is 28.8 Å². The van der Waals surface area contributed by atoms with Gasteiger partial charge in [-0.15, -0.1) is 0 Å². The fraction of sp³-hybridized carbons (Fsp3) is 0.400. The van der Waals surface area contributed by atoms with Gasteiger partial charge in [-0.05, 0) is 23.6 Å². The lowest BCUT2D eigenvalue weighted by molar-refractivity contribution is -0.117. The van der Waals surface area contributed by atoms with E-state index in [1.54, 1.807) is 18.2 Å². The molecule has 0 spiro atoms. The number of aliphatic hydroxyl groups is 1. The van der Waals surface area contributed by atoms with Gasteiger partial charge < -0.3 is 10.4 Å². The molecule has 0 aromatic heterocycles. The molecule has 0 unspecified atom stereocenters. The zero-order valence-corrected chi connectivity index (χ0v) is 12.1. The minimum atomic E-state index is -0.234. The van der Waals surface area contributed by atoms with E-state index in [4.69, 9.17) is 16.7 Å². The normalized spacial score (nSPS) is 10.6. The second kappa shape index (κ2) is 6.60. The maximum absolute atomic E-state index is 11.9. The number of rotatable bonds is 2. The fourth-order valence-corrected chi connectivity index (χ4v) is 1.71. The molecule has 0 atom stereocenters. The Morgan fingerprint density at radius 3 is 2.68 bits per heavy atom. The highest BCUT2D eigenvalue weighted by molar-refractivity contribution is 6.30. The first-order chi connectivity index (χ1) is 8.81. The van der Waals surface area contributed by atoms with Gasteiger partial charge in [-0.2, -0.15) is 0 Å². The summed E-state index contributed by atoms with van der Waals surface area (Å²) in [6.07, 6.45) is 0.419. The van der Waals surface area contributed by atoms with Crippen LogP contribution in [0.1, 0.15) is 32.8 Å². The highest BCUT2D eigenvalue weighted by Crippen LogP contribution is 2.23. The average molecular weight is 280 g/mol. The van der Waals surface area contributed by atoms with Gasteiger partial charge in [0.15, 0.2) is 0 Å². The molecule has 1 rings (SSSR count). The molecule has 0 saturated heterocycles. The number of hydrogen-bond donors (Lipinski definition) is 2. The van der Waals surface area contributed by atoms with Crippen molar-refractivity contribution in [1.82, 2.24) is 0 Å². The van der Waals surface area contributed by atoms with Crippen LogP contribution in [0.15, 0.2) is 18.2 Å². The SMILES string of the molecule is CC(C)(C)CC(=O)Nc1ccc(Cl)cc1C#CCO. The number of carbonyl (C=O) groups is 1. The lowest BCUT2D eigenvalue weighted by atomic mass is 9.92. The quantitative estimate of drug-likeness (QED) is 0.818. The molecule has 19 heavy (non-hydrogen) atoms. The van der Waals surface area contributed by atoms with Crippen molar-refractivity contribution >= 4 is 23.2 Å². The van der Waals surface area contributed by atoms with Crippen LogP contribution >= 0.6 is 11.6 Å². The largest absolute Gasteiger partial charge is 0.384 e. The molecule has 0 aliphatic heterocycles. The molecule has 4 heteroatoms. The Labute approximate surface area is 119 Å². The van der Waals surface area contributed by atoms with Gasteiger partial charge in [0.2, 0.25) is 5.91 Å². The summed E-state index contributed by atoms with van der Waals surface area (Å²) in [5, 5.41) is 12.1. The number of halogens is 1. The van der Waals surface area contributed by atoms with Gasteiger partial charge in [0.1, 0.15) is 6.61 Å². The number of hydrogen-bond acceptors (Lipinski definition) is 2. The van der Waals surface area contributed by atoms with Crippen LogP contribution in [0.4, 0.5) is 5.69 Å². The molecule has 1 aromatic rings. The van der Waals surface area contributed by atoms with Crippen molar-refractivity contribution in [3.8, 4) is 11.8 Å². The first kappa shape index (κ1) is 15.6. The van der Waals surface area contributed by atoms with Crippen LogP contribution in [0.5, 0.6) is 0 Å². The molecular formula is C15H18ClNO2. The number of benzene rings is 1. The summed E-state index contributed by atoms with van der Waals surface area (Å²) in [7, 11) is 0. The van der Waals surface area contributed by atoms with Crippen LogP contribution in [0.25, 0.3) is 0 Å². The Bertz CT molecular complexity index is 521. The van der Waals surface area contributed by atoms with Crippen molar-refractivity contribution in [3.63, 3.8) is 0 Å². The van der Waals surface area contributed by atoms with Gasteiger partial charge in [0.05, 0.1) is 5.69 Å². The zero-order valence-electron chi connectivity index (χ0n) is 11.4. The first-order valence-corrected chi connectivity index (χ1v) is 6.39. The van der Waals surface area contributed by atoms with Crippen molar-refractivity contribution in [1.29, 1.82) is 0 Å². The van der Waals surface area contributed by atoms with Crippen LogP contribution in [0.3, 0.4) is 0 Å². The molecule has 1 amide bonds. The third kappa shape index (κ3) is 5.78. The number of carbonyl (C=O) groups excluding carboxylic acids is 1. The lowest BCUT2D eigenvalue weighted by Crippen LogP contribution is -2.20. The molecule has 0 saturated carbocycles. The van der Waals surface area contributed by atoms with Gasteiger partial charge in [-0.1, -0.05) is 44.2 Å². The summed E-state index contributed by atoms with van der Waals surface area (Å²) in [5.74, 6) is 5.25. The van der Waals surface area contributed by atoms with Crippen LogP contribution in [-0.2, 0) is 4.79 Å². The number of anilines is 1. The van der Waals surface area contributed by atoms with Gasteiger partial charge in [0, 0.05) is 17.0 Å². The van der Waals surface area contributed by atoms with E-state index in [0.717, 1.165) is 0 Å². The van der Waals surface area contributed by atoms with E-state index in [0.29, 0.717) is 22.7 Å². The predicted octanol–water partition coefficient (Wildman–Crippen LogP) is 3.06. The molecule has 0 aliphatic rings. The molecular weight excluding hydrogens is 262 g/mol. The minimum absolute atomic E-state index is 0.0677. The first-order valence-electron chi connectivity index (χ1n) is 6.01. The van der Waals surface area contributed by atoms with Gasteiger partial charge >= 0.3 is 0 Å². The third-order valence-electron chi connectivity index (χ3n) is 2.25. The Kier molecular flexibility index (Phi) is 5.41. The lowest BCUT2D eigenvalue weighted by Gasteiger charge is -2.17. The van der Waals surface area contributed by atoms with Crippen LogP contribution in [0.2, 0.25) is 5.02 Å². The van der Waals surface area contributed by atoms with Crippen molar-refractivity contribution < 1.29 is 9.90 Å². The van der Waals surface area contributed by atoms with Gasteiger partial charge in [0.25, 0.3) is 0 Å². The molecule has 0 radical (unpaired) electrons. The topological polar surface area (TPSA) is 49.3 Å². The second-order valence-electron chi connectivity index (χ2n) is 5.44. The smallest absolute Gasteiger partial charge is 0.224 e. The van der Waals surface area contributed by atoms with Crippen molar-refractivity contribution in [2.45, 2.75) is 27.2 Å². The van der Waals surface area contributed by atoms with E-state index >= 15 is 0 Å². The van der Waals surface area contributed by atoms with Crippen molar-refractivity contribution in [2.75, 3.05) is 11.9 Å². The van der Waals surface area contributed by atoms with E-state index < -0.39 is 0 Å². The van der Waals surface area contributed by atoms with E-state index in [1.165, 1.54) is 0 Å². The summed E-state index contributed by atoms with van der Waals surface area (Å²) in [5.41, 5.74) is 1.14. The summed E-state index contributed by atoms with van der Waals surface area (Å²) in [6, 6.07) is 5.07. The summed E-state index contributed by atoms with van der Waals surface area (Å²) >= 11 is 5.90. The molecule has 0 aliphatic carbocycles. The Hall–Kier alpha value is -1.50. The highest BCUT2D eigenvalue weighted by atomic mass is 35.5. The highest BCUT2D eigenvalue weighted by Gasteiger charge is 2.16. The average Bonchev–Trinajstić information content (AvgIpc) is 2.27. The number of nitrogens with one attached hydrogen (secondary N) is 1. The fourth-order valence-electron chi connectivity index (χ4n) is 1.54. The second-order valence-corrected chi connectivity index (χ2v) is 5.87. The Morgan fingerprint density at radius 2 is 2.11 bits per heavy atom. The molecule has 0 fully saturated rings. The standard InChI is InChI=1S/C15H18ClNO2/c1-15(2,3)10-14(19)17-13-7-6-12(16)9-11(13)5-4-8-18/h6-7,9,18H,8,10H2,1-3H3,(H,17,19). The van der Waals surface area contributed by atoms with E-state index in [1.807, 2.05) is 20.8 Å². The molecule has 0 bridgehead atoms. The number of amides is 1. The zero-order chi connectivity index (χ0) is 14.5. The monoisotopic (exact) mass is 279 g/mol. The maximum Gasteiger partial charge on any atom is 0.224 e. The minimum Gasteiger partial charge on any atom is -0.384 e. The molecule has 1 aromatic carbocycles. The molecule has 2 N–H and O–H groups in total. The van der Waals surface area contributed by atoms with Gasteiger partial charge in [-0.3, -0.25) is 4.79 Å². The van der Waals surface area contributed by atoms with Crippen LogP contribution in [-0.4, -0.2) is 17.6 Å². The third-order valence-corrected chi connectivity index (χ3v) is 2.48. The van der Waals surface area contributed by atoms with Crippen molar-refractivity contribution in [2.24, 2.45) is 5.41 Å². The maximum atomic E-state index is 11.9. The predicted molar refractivity (Wildman–Crippen MR) is 78.1 cm³/mol. The van der Waals surface area contributed by atoms with Gasteiger partial charge in [-0.25, -0.2) is 0 Å². The Morgan fingerprint density at radius 1 is 1.42 bits per heavy atom. The van der Waals surface area contributed by atoms with Crippen LogP contribution in [0, 0.1) is 17.3 Å².